The number of halogens is 1. The van der Waals surface area contributed by atoms with Crippen LogP contribution in [-0.4, -0.2) is 24.9 Å². The predicted octanol–water partition coefficient (Wildman–Crippen LogP) is 2.49. The highest BCUT2D eigenvalue weighted by Crippen LogP contribution is 2.27. The Bertz CT molecular complexity index is 342. The van der Waals surface area contributed by atoms with Crippen molar-refractivity contribution in [2.75, 3.05) is 13.7 Å². The fourth-order valence-corrected chi connectivity index (χ4v) is 1.98. The summed E-state index contributed by atoms with van der Waals surface area (Å²) in [7, 11) is 1.65. The molecule has 0 aliphatic heterocycles. The zero-order valence-corrected chi connectivity index (χ0v) is 11.4. The molecule has 0 spiro atoms. The maximum atomic E-state index is 9.19. The first-order valence-corrected chi connectivity index (χ1v) is 6.08. The predicted molar refractivity (Wildman–Crippen MR) is 68.8 cm³/mol. The summed E-state index contributed by atoms with van der Waals surface area (Å²) >= 11 is 3.45. The monoisotopic (exact) mass is 287 g/mol. The van der Waals surface area contributed by atoms with Crippen LogP contribution in [0.1, 0.15) is 25.5 Å². The van der Waals surface area contributed by atoms with Gasteiger partial charge in [0.05, 0.1) is 17.7 Å². The average molecular weight is 288 g/mol. The molecule has 0 saturated heterocycles. The fraction of sp³-hybridized carbons (Fsp3) is 0.500. The average Bonchev–Trinajstić information content (AvgIpc) is 2.25. The van der Waals surface area contributed by atoms with Crippen LogP contribution < -0.4 is 10.1 Å². The highest BCUT2D eigenvalue weighted by atomic mass is 79.9. The summed E-state index contributed by atoms with van der Waals surface area (Å²) in [6.07, 6.45) is -0.330. The van der Waals surface area contributed by atoms with Crippen molar-refractivity contribution in [2.45, 2.75) is 26.0 Å². The topological polar surface area (TPSA) is 41.5 Å². The van der Waals surface area contributed by atoms with Crippen LogP contribution in [0.2, 0.25) is 0 Å². The molecular weight excluding hydrogens is 270 g/mol. The Morgan fingerprint density at radius 2 is 2.12 bits per heavy atom. The Kier molecular flexibility index (Phi) is 5.25. The van der Waals surface area contributed by atoms with Gasteiger partial charge in [0, 0.05) is 12.6 Å². The van der Waals surface area contributed by atoms with Crippen LogP contribution in [0.15, 0.2) is 22.7 Å². The zero-order chi connectivity index (χ0) is 12.1. The Hall–Kier alpha value is -0.580. The van der Waals surface area contributed by atoms with Crippen LogP contribution in [0.25, 0.3) is 0 Å². The number of ether oxygens (including phenoxy) is 1. The molecule has 0 aliphatic rings. The van der Waals surface area contributed by atoms with E-state index in [1.165, 1.54) is 0 Å². The van der Waals surface area contributed by atoms with Gasteiger partial charge in [-0.2, -0.15) is 0 Å². The molecule has 2 N–H and O–H groups in total. The molecule has 2 atom stereocenters. The number of benzene rings is 1. The number of aliphatic hydroxyl groups excluding tert-OH is 1. The molecule has 0 bridgehead atoms. The molecule has 0 aliphatic carbocycles. The molecule has 90 valence electrons. The van der Waals surface area contributed by atoms with Gasteiger partial charge in [0.15, 0.2) is 0 Å². The van der Waals surface area contributed by atoms with Gasteiger partial charge < -0.3 is 15.2 Å². The van der Waals surface area contributed by atoms with Crippen molar-refractivity contribution < 1.29 is 9.84 Å². The van der Waals surface area contributed by atoms with E-state index >= 15 is 0 Å². The Morgan fingerprint density at radius 3 is 2.62 bits per heavy atom. The van der Waals surface area contributed by atoms with E-state index in [1.54, 1.807) is 14.0 Å². The molecule has 1 rings (SSSR count). The van der Waals surface area contributed by atoms with E-state index < -0.39 is 0 Å². The van der Waals surface area contributed by atoms with Crippen molar-refractivity contribution in [2.24, 2.45) is 0 Å². The lowest BCUT2D eigenvalue weighted by Crippen LogP contribution is -2.27. The molecule has 0 radical (unpaired) electrons. The fourth-order valence-electron chi connectivity index (χ4n) is 1.42. The van der Waals surface area contributed by atoms with Crippen molar-refractivity contribution in [3.63, 3.8) is 0 Å². The molecule has 0 saturated carbocycles. The smallest absolute Gasteiger partial charge is 0.133 e. The highest BCUT2D eigenvalue weighted by Gasteiger charge is 2.08. The molecule has 0 fully saturated rings. The maximum absolute atomic E-state index is 9.19. The second-order valence-corrected chi connectivity index (χ2v) is 4.73. The van der Waals surface area contributed by atoms with Gasteiger partial charge in [0.25, 0.3) is 0 Å². The van der Waals surface area contributed by atoms with E-state index in [1.807, 2.05) is 18.2 Å². The van der Waals surface area contributed by atoms with E-state index in [-0.39, 0.29) is 12.1 Å². The third-order valence-corrected chi connectivity index (χ3v) is 3.02. The van der Waals surface area contributed by atoms with E-state index in [0.29, 0.717) is 6.54 Å². The highest BCUT2D eigenvalue weighted by molar-refractivity contribution is 9.10. The van der Waals surface area contributed by atoms with Crippen molar-refractivity contribution in [1.82, 2.24) is 5.32 Å². The van der Waals surface area contributed by atoms with Crippen LogP contribution in [0.3, 0.4) is 0 Å². The van der Waals surface area contributed by atoms with Gasteiger partial charge in [0.1, 0.15) is 5.75 Å². The lowest BCUT2D eigenvalue weighted by molar-refractivity contribution is 0.187. The minimum absolute atomic E-state index is 0.205. The molecule has 4 heteroatoms. The summed E-state index contributed by atoms with van der Waals surface area (Å²) < 4.78 is 6.11. The molecule has 0 amide bonds. The Morgan fingerprint density at radius 1 is 1.44 bits per heavy atom. The lowest BCUT2D eigenvalue weighted by Gasteiger charge is -2.16. The van der Waals surface area contributed by atoms with E-state index in [9.17, 15) is 5.11 Å². The number of hydrogen-bond donors (Lipinski definition) is 2. The molecule has 1 aromatic rings. The van der Waals surface area contributed by atoms with Gasteiger partial charge in [-0.1, -0.05) is 6.07 Å². The number of methoxy groups -OCH3 is 1. The second-order valence-electron chi connectivity index (χ2n) is 3.87. The first-order valence-electron chi connectivity index (χ1n) is 5.29. The summed E-state index contributed by atoms with van der Waals surface area (Å²) in [6.45, 7) is 4.42. The third-order valence-electron chi connectivity index (χ3n) is 2.40. The van der Waals surface area contributed by atoms with Crippen molar-refractivity contribution in [3.05, 3.63) is 28.2 Å². The summed E-state index contributed by atoms with van der Waals surface area (Å²) in [5.74, 6) is 0.825. The van der Waals surface area contributed by atoms with E-state index in [4.69, 9.17) is 4.74 Å². The quantitative estimate of drug-likeness (QED) is 0.874. The summed E-state index contributed by atoms with van der Waals surface area (Å²) in [6, 6.07) is 6.18. The zero-order valence-electron chi connectivity index (χ0n) is 9.83. The molecular formula is C12H18BrNO2. The van der Waals surface area contributed by atoms with Crippen LogP contribution in [0.4, 0.5) is 0 Å². The number of aliphatic hydroxyl groups is 1. The normalized spacial score (nSPS) is 14.6. The van der Waals surface area contributed by atoms with Crippen LogP contribution in [-0.2, 0) is 0 Å². The summed E-state index contributed by atoms with van der Waals surface area (Å²) in [5, 5.41) is 12.4. The van der Waals surface area contributed by atoms with Gasteiger partial charge in [-0.05, 0) is 47.5 Å². The lowest BCUT2D eigenvalue weighted by atomic mass is 10.1. The number of nitrogens with one attached hydrogen (secondary N) is 1. The summed E-state index contributed by atoms with van der Waals surface area (Å²) in [4.78, 5) is 0. The van der Waals surface area contributed by atoms with Crippen LogP contribution in [0, 0.1) is 0 Å². The number of rotatable bonds is 5. The summed E-state index contributed by atoms with van der Waals surface area (Å²) in [5.41, 5.74) is 1.16. The van der Waals surface area contributed by atoms with Crippen molar-refractivity contribution >= 4 is 15.9 Å². The first kappa shape index (κ1) is 13.5. The van der Waals surface area contributed by atoms with Gasteiger partial charge in [0.2, 0.25) is 0 Å². The molecule has 3 nitrogen and oxygen atoms in total. The minimum Gasteiger partial charge on any atom is -0.496 e. The van der Waals surface area contributed by atoms with E-state index in [0.717, 1.165) is 15.8 Å². The van der Waals surface area contributed by atoms with Gasteiger partial charge in [-0.3, -0.25) is 0 Å². The standard InChI is InChI=1S/C12H18BrNO2/c1-8(15)7-14-9(2)10-4-5-12(16-3)11(13)6-10/h4-6,8-9,14-15H,7H2,1-3H3/t8-,9?/m0/s1. The molecule has 0 aromatic heterocycles. The van der Waals surface area contributed by atoms with Crippen molar-refractivity contribution in [3.8, 4) is 5.75 Å². The van der Waals surface area contributed by atoms with E-state index in [2.05, 4.69) is 28.2 Å². The Balaban J connectivity index is 2.69. The SMILES string of the molecule is COc1ccc(C(C)NC[C@H](C)O)cc1Br. The van der Waals surface area contributed by atoms with Gasteiger partial charge >= 0.3 is 0 Å². The third kappa shape index (κ3) is 3.77. The molecule has 16 heavy (non-hydrogen) atoms. The van der Waals surface area contributed by atoms with Crippen molar-refractivity contribution in [1.29, 1.82) is 0 Å². The molecule has 1 aromatic carbocycles. The Labute approximate surface area is 105 Å². The number of hydrogen-bond acceptors (Lipinski definition) is 3. The first-order chi connectivity index (χ1) is 7.54. The molecule has 1 unspecified atom stereocenters. The van der Waals surface area contributed by atoms with Crippen LogP contribution >= 0.6 is 15.9 Å². The van der Waals surface area contributed by atoms with Gasteiger partial charge in [-0.25, -0.2) is 0 Å². The van der Waals surface area contributed by atoms with Crippen LogP contribution in [0.5, 0.6) is 5.75 Å². The second kappa shape index (κ2) is 6.23. The maximum Gasteiger partial charge on any atom is 0.133 e. The van der Waals surface area contributed by atoms with Gasteiger partial charge in [-0.15, -0.1) is 0 Å². The minimum atomic E-state index is -0.330. The molecule has 0 heterocycles. The largest absolute Gasteiger partial charge is 0.496 e.